The summed E-state index contributed by atoms with van der Waals surface area (Å²) < 4.78 is 1.64. The van der Waals surface area contributed by atoms with Crippen molar-refractivity contribution in [3.05, 3.63) is 53.4 Å². The fraction of sp³-hybridized carbons (Fsp3) is 0. The van der Waals surface area contributed by atoms with Gasteiger partial charge in [-0.2, -0.15) is 15.9 Å². The van der Waals surface area contributed by atoms with Crippen LogP contribution >= 0.6 is 11.3 Å². The average Bonchev–Trinajstić information content (AvgIpc) is 3.17. The molecule has 0 bridgehead atoms. The molecule has 102 valence electrons. The number of nitrogens with two attached hydrogens (primary N) is 1. The summed E-state index contributed by atoms with van der Waals surface area (Å²) in [5.41, 5.74) is 9.73. The van der Waals surface area contributed by atoms with E-state index in [0.29, 0.717) is 11.6 Å². The van der Waals surface area contributed by atoms with Gasteiger partial charge in [0.15, 0.2) is 5.65 Å². The van der Waals surface area contributed by atoms with E-state index < -0.39 is 0 Å². The van der Waals surface area contributed by atoms with Crippen LogP contribution in [0.1, 0.15) is 0 Å². The highest BCUT2D eigenvalue weighted by atomic mass is 32.1. The number of aromatic nitrogens is 4. The minimum Gasteiger partial charge on any atom is -0.384 e. The lowest BCUT2D eigenvalue weighted by atomic mass is 10.1. The lowest BCUT2D eigenvalue weighted by molar-refractivity contribution is 0.975. The molecule has 5 nitrogen and oxygen atoms in total. The summed E-state index contributed by atoms with van der Waals surface area (Å²) in [5, 5.41) is 8.55. The molecule has 4 heterocycles. The third kappa shape index (κ3) is 2.05. The van der Waals surface area contributed by atoms with Gasteiger partial charge in [-0.15, -0.1) is 5.10 Å². The fourth-order valence-electron chi connectivity index (χ4n) is 2.21. The Morgan fingerprint density at radius 2 is 2.05 bits per heavy atom. The Balaban J connectivity index is 1.90. The Morgan fingerprint density at radius 3 is 2.81 bits per heavy atom. The van der Waals surface area contributed by atoms with Gasteiger partial charge >= 0.3 is 0 Å². The fourth-order valence-corrected chi connectivity index (χ4v) is 2.87. The van der Waals surface area contributed by atoms with E-state index >= 15 is 0 Å². The summed E-state index contributed by atoms with van der Waals surface area (Å²) in [5.74, 6) is 1.13. The summed E-state index contributed by atoms with van der Waals surface area (Å²) in [6.07, 6.45) is 1.72. The molecule has 0 aliphatic rings. The number of hydrogen-bond donors (Lipinski definition) is 1. The standard InChI is InChI=1S/C15H11N5S/c16-13-7-11(10-4-6-21-9-10)8-14-18-15(19-20(13)14)12-3-1-2-5-17-12/h1-9H,16H2. The van der Waals surface area contributed by atoms with Gasteiger partial charge in [0.05, 0.1) is 0 Å². The lowest BCUT2D eigenvalue weighted by Gasteiger charge is -2.02. The maximum Gasteiger partial charge on any atom is 0.200 e. The quantitative estimate of drug-likeness (QED) is 0.616. The Kier molecular flexibility index (Phi) is 2.68. The van der Waals surface area contributed by atoms with Crippen molar-refractivity contribution in [3.63, 3.8) is 0 Å². The molecule has 0 aliphatic heterocycles. The third-order valence-electron chi connectivity index (χ3n) is 3.21. The molecule has 0 atom stereocenters. The zero-order valence-corrected chi connectivity index (χ0v) is 11.8. The number of nitrogens with zero attached hydrogens (tertiary/aromatic N) is 4. The Bertz CT molecular complexity index is 897. The molecule has 0 aromatic carbocycles. The van der Waals surface area contributed by atoms with E-state index in [1.54, 1.807) is 22.0 Å². The largest absolute Gasteiger partial charge is 0.384 e. The average molecular weight is 293 g/mol. The third-order valence-corrected chi connectivity index (χ3v) is 3.90. The first kappa shape index (κ1) is 12.0. The maximum absolute atomic E-state index is 6.10. The van der Waals surface area contributed by atoms with E-state index in [9.17, 15) is 0 Å². The summed E-state index contributed by atoms with van der Waals surface area (Å²) in [7, 11) is 0. The van der Waals surface area contributed by atoms with Crippen LogP contribution in [0.4, 0.5) is 5.82 Å². The van der Waals surface area contributed by atoms with E-state index in [1.807, 2.05) is 35.7 Å². The van der Waals surface area contributed by atoms with E-state index in [1.165, 1.54) is 0 Å². The minimum atomic E-state index is 0.559. The predicted octanol–water partition coefficient (Wildman–Crippen LogP) is 3.10. The Hall–Kier alpha value is -2.73. The first-order valence-electron chi connectivity index (χ1n) is 6.41. The number of pyridine rings is 2. The van der Waals surface area contributed by atoms with Gasteiger partial charge in [0.1, 0.15) is 11.5 Å². The van der Waals surface area contributed by atoms with Crippen molar-refractivity contribution in [2.45, 2.75) is 0 Å². The van der Waals surface area contributed by atoms with Crippen LogP contribution in [0.2, 0.25) is 0 Å². The van der Waals surface area contributed by atoms with Crippen molar-refractivity contribution < 1.29 is 0 Å². The van der Waals surface area contributed by atoms with Gasteiger partial charge in [0.25, 0.3) is 0 Å². The van der Waals surface area contributed by atoms with Crippen molar-refractivity contribution >= 4 is 22.8 Å². The molecule has 0 unspecified atom stereocenters. The van der Waals surface area contributed by atoms with Gasteiger partial charge in [-0.25, -0.2) is 4.98 Å². The zero-order chi connectivity index (χ0) is 14.2. The smallest absolute Gasteiger partial charge is 0.200 e. The van der Waals surface area contributed by atoms with E-state index in [2.05, 4.69) is 26.5 Å². The van der Waals surface area contributed by atoms with Crippen LogP contribution in [-0.2, 0) is 0 Å². The number of anilines is 1. The Labute approximate surface area is 124 Å². The molecule has 0 aliphatic carbocycles. The van der Waals surface area contributed by atoms with E-state index in [-0.39, 0.29) is 0 Å². The predicted molar refractivity (Wildman–Crippen MR) is 83.9 cm³/mol. The van der Waals surface area contributed by atoms with Crippen LogP contribution in [0, 0.1) is 0 Å². The van der Waals surface area contributed by atoms with Crippen LogP contribution in [0.3, 0.4) is 0 Å². The molecule has 0 amide bonds. The normalized spacial score (nSPS) is 11.0. The molecule has 0 saturated carbocycles. The summed E-state index contributed by atoms with van der Waals surface area (Å²) in [4.78, 5) is 8.80. The highest BCUT2D eigenvalue weighted by Crippen LogP contribution is 2.26. The summed E-state index contributed by atoms with van der Waals surface area (Å²) in [6.45, 7) is 0. The van der Waals surface area contributed by atoms with E-state index in [4.69, 9.17) is 5.73 Å². The number of hydrogen-bond acceptors (Lipinski definition) is 5. The van der Waals surface area contributed by atoms with Crippen molar-refractivity contribution in [2.24, 2.45) is 0 Å². The molecule has 0 fully saturated rings. The molecule has 0 saturated heterocycles. The van der Waals surface area contributed by atoms with Gasteiger partial charge in [0.2, 0.25) is 5.82 Å². The first-order valence-corrected chi connectivity index (χ1v) is 7.36. The zero-order valence-electron chi connectivity index (χ0n) is 11.0. The van der Waals surface area contributed by atoms with Crippen LogP contribution < -0.4 is 5.73 Å². The molecule has 4 rings (SSSR count). The van der Waals surface area contributed by atoms with E-state index in [0.717, 1.165) is 22.5 Å². The van der Waals surface area contributed by atoms with Crippen molar-refractivity contribution in [1.82, 2.24) is 19.6 Å². The number of rotatable bonds is 2. The second-order valence-electron chi connectivity index (χ2n) is 4.60. The number of nitrogen functional groups attached to an aromatic ring is 1. The van der Waals surface area contributed by atoms with Gasteiger partial charge in [-0.1, -0.05) is 6.07 Å². The second-order valence-corrected chi connectivity index (χ2v) is 5.38. The molecule has 2 N–H and O–H groups in total. The van der Waals surface area contributed by atoms with Crippen molar-refractivity contribution in [2.75, 3.05) is 5.73 Å². The van der Waals surface area contributed by atoms with Crippen LogP contribution in [-0.4, -0.2) is 19.6 Å². The lowest BCUT2D eigenvalue weighted by Crippen LogP contribution is -1.98. The van der Waals surface area contributed by atoms with Crippen LogP contribution in [0.5, 0.6) is 0 Å². The molecular formula is C15H11N5S. The second kappa shape index (κ2) is 4.68. The molecule has 21 heavy (non-hydrogen) atoms. The molecular weight excluding hydrogens is 282 g/mol. The highest BCUT2D eigenvalue weighted by Gasteiger charge is 2.11. The summed E-state index contributed by atoms with van der Waals surface area (Å²) in [6, 6.07) is 11.6. The van der Waals surface area contributed by atoms with Gasteiger partial charge in [-0.05, 0) is 52.2 Å². The number of fused-ring (bicyclic) bond motifs is 1. The topological polar surface area (TPSA) is 69.1 Å². The monoisotopic (exact) mass is 293 g/mol. The highest BCUT2D eigenvalue weighted by molar-refractivity contribution is 7.08. The van der Waals surface area contributed by atoms with Crippen LogP contribution in [0.15, 0.2) is 53.4 Å². The molecule has 6 heteroatoms. The summed E-state index contributed by atoms with van der Waals surface area (Å²) >= 11 is 1.65. The van der Waals surface area contributed by atoms with Crippen LogP contribution in [0.25, 0.3) is 28.3 Å². The van der Waals surface area contributed by atoms with Gasteiger partial charge < -0.3 is 5.73 Å². The molecule has 0 radical (unpaired) electrons. The maximum atomic E-state index is 6.10. The minimum absolute atomic E-state index is 0.559. The van der Waals surface area contributed by atoms with Crippen molar-refractivity contribution in [1.29, 1.82) is 0 Å². The SMILES string of the molecule is Nc1cc(-c2ccsc2)cc2nc(-c3ccccn3)nn12. The first-order chi connectivity index (χ1) is 10.3. The molecule has 4 aromatic heterocycles. The molecule has 0 spiro atoms. The number of thiophene rings is 1. The van der Waals surface area contributed by atoms with Gasteiger partial charge in [0, 0.05) is 6.20 Å². The Morgan fingerprint density at radius 1 is 1.10 bits per heavy atom. The molecule has 4 aromatic rings. The van der Waals surface area contributed by atoms with Gasteiger partial charge in [-0.3, -0.25) is 4.98 Å². The van der Waals surface area contributed by atoms with Crippen molar-refractivity contribution in [3.8, 4) is 22.6 Å².